The number of benzene rings is 2. The molecule has 0 fully saturated rings. The first-order valence-corrected chi connectivity index (χ1v) is 11.9. The van der Waals surface area contributed by atoms with Crippen LogP contribution in [0.2, 0.25) is 0 Å². The van der Waals surface area contributed by atoms with E-state index in [0.29, 0.717) is 28.6 Å². The second kappa shape index (κ2) is 10.0. The van der Waals surface area contributed by atoms with E-state index in [-0.39, 0.29) is 4.90 Å². The van der Waals surface area contributed by atoms with Crippen LogP contribution in [0.25, 0.3) is 0 Å². The number of thiocarbonyl (C=S) groups is 1. The minimum Gasteiger partial charge on any atom is -0.465 e. The Bertz CT molecular complexity index is 1170. The summed E-state index contributed by atoms with van der Waals surface area (Å²) in [7, 11) is -2.39. The summed E-state index contributed by atoms with van der Waals surface area (Å²) in [5, 5.41) is 12.1. The van der Waals surface area contributed by atoms with Crippen molar-refractivity contribution in [3.8, 4) is 0 Å². The molecule has 7 nitrogen and oxygen atoms in total. The highest BCUT2D eigenvalue weighted by Gasteiger charge is 2.18. The lowest BCUT2D eigenvalue weighted by Crippen LogP contribution is -2.28. The summed E-state index contributed by atoms with van der Waals surface area (Å²) >= 11 is 6.79. The lowest BCUT2D eigenvalue weighted by atomic mass is 10.1. The predicted molar refractivity (Wildman–Crippen MR) is 126 cm³/mol. The van der Waals surface area contributed by atoms with E-state index in [4.69, 9.17) is 22.1 Å². The van der Waals surface area contributed by atoms with Gasteiger partial charge in [0, 0.05) is 17.8 Å². The second-order valence-electron chi connectivity index (χ2n) is 6.61. The lowest BCUT2D eigenvalue weighted by Gasteiger charge is -2.10. The molecule has 0 aliphatic heterocycles. The molecule has 0 radical (unpaired) electrons. The van der Waals surface area contributed by atoms with Gasteiger partial charge in [-0.2, -0.15) is 0 Å². The summed E-state index contributed by atoms with van der Waals surface area (Å²) in [6, 6.07) is 17.9. The number of carbonyl (C=O) groups is 1. The second-order valence-corrected chi connectivity index (χ2v) is 9.71. The maximum absolute atomic E-state index is 12.2. The average Bonchev–Trinajstić information content (AvgIpc) is 3.14. The Morgan fingerprint density at radius 1 is 1.10 bits per heavy atom. The zero-order chi connectivity index (χ0) is 22.4. The summed E-state index contributed by atoms with van der Waals surface area (Å²) in [5.41, 5.74) is 2.37. The number of sulfonamides is 1. The number of esters is 1. The van der Waals surface area contributed by atoms with Crippen LogP contribution < -0.4 is 15.8 Å². The number of nitrogens with one attached hydrogen (secondary N) is 2. The molecule has 3 aromatic rings. The number of anilines is 1. The highest BCUT2D eigenvalue weighted by molar-refractivity contribution is 7.89. The zero-order valence-corrected chi connectivity index (χ0v) is 19.1. The van der Waals surface area contributed by atoms with Gasteiger partial charge in [-0.05, 0) is 41.5 Å². The van der Waals surface area contributed by atoms with Gasteiger partial charge in [-0.1, -0.05) is 42.5 Å². The van der Waals surface area contributed by atoms with Gasteiger partial charge in [0.05, 0.1) is 17.6 Å². The van der Waals surface area contributed by atoms with Crippen molar-refractivity contribution < 1.29 is 17.9 Å². The Morgan fingerprint density at radius 2 is 1.77 bits per heavy atom. The predicted octanol–water partition coefficient (Wildman–Crippen LogP) is 3.26. The molecular formula is C21H21N3O4S3. The van der Waals surface area contributed by atoms with Crippen LogP contribution in [0.4, 0.5) is 5.00 Å². The van der Waals surface area contributed by atoms with Crippen molar-refractivity contribution in [2.45, 2.75) is 17.9 Å². The molecule has 162 valence electrons. The number of rotatable bonds is 7. The van der Waals surface area contributed by atoms with Crippen molar-refractivity contribution in [3.05, 3.63) is 82.2 Å². The third-order valence-electron chi connectivity index (χ3n) is 4.34. The van der Waals surface area contributed by atoms with E-state index in [0.717, 1.165) is 16.0 Å². The van der Waals surface area contributed by atoms with Crippen molar-refractivity contribution in [1.29, 1.82) is 0 Å². The molecule has 0 saturated carbocycles. The fourth-order valence-corrected chi connectivity index (χ4v) is 4.64. The van der Waals surface area contributed by atoms with Crippen LogP contribution in [0.15, 0.2) is 65.6 Å². The summed E-state index contributed by atoms with van der Waals surface area (Å²) in [6.07, 6.45) is 0.688. The fourth-order valence-electron chi connectivity index (χ4n) is 2.81. The minimum atomic E-state index is -3.73. The van der Waals surface area contributed by atoms with E-state index < -0.39 is 16.0 Å². The van der Waals surface area contributed by atoms with Gasteiger partial charge in [0.2, 0.25) is 10.0 Å². The topological polar surface area (TPSA) is 111 Å². The van der Waals surface area contributed by atoms with Gasteiger partial charge in [0.1, 0.15) is 5.00 Å². The molecule has 1 aromatic heterocycles. The molecule has 0 spiro atoms. The van der Waals surface area contributed by atoms with Crippen LogP contribution in [-0.4, -0.2) is 26.6 Å². The van der Waals surface area contributed by atoms with Gasteiger partial charge < -0.3 is 15.4 Å². The summed E-state index contributed by atoms with van der Waals surface area (Å²) in [6.45, 7) is 0.368. The summed E-state index contributed by atoms with van der Waals surface area (Å²) in [4.78, 5) is 13.2. The zero-order valence-electron chi connectivity index (χ0n) is 16.6. The van der Waals surface area contributed by atoms with Crippen molar-refractivity contribution in [1.82, 2.24) is 5.32 Å². The van der Waals surface area contributed by atoms with Crippen molar-refractivity contribution >= 4 is 49.7 Å². The fraction of sp³-hybridized carbons (Fsp3) is 0.143. The number of ether oxygens (including phenoxy) is 1. The number of primary sulfonamides is 1. The van der Waals surface area contributed by atoms with Crippen LogP contribution in [0.1, 0.15) is 26.4 Å². The van der Waals surface area contributed by atoms with Crippen LogP contribution in [0.5, 0.6) is 0 Å². The van der Waals surface area contributed by atoms with Crippen LogP contribution in [0.3, 0.4) is 0 Å². The molecule has 0 saturated heterocycles. The Balaban J connectivity index is 1.67. The number of thiophene rings is 1. The van der Waals surface area contributed by atoms with Gasteiger partial charge in [-0.3, -0.25) is 0 Å². The van der Waals surface area contributed by atoms with E-state index in [1.54, 1.807) is 18.2 Å². The molecular weight excluding hydrogens is 454 g/mol. The van der Waals surface area contributed by atoms with Crippen LogP contribution >= 0.6 is 23.6 Å². The lowest BCUT2D eigenvalue weighted by molar-refractivity contribution is 0.0602. The molecule has 0 aliphatic rings. The third-order valence-corrected chi connectivity index (χ3v) is 6.57. The van der Waals surface area contributed by atoms with Gasteiger partial charge >= 0.3 is 5.97 Å². The van der Waals surface area contributed by atoms with Crippen LogP contribution in [-0.2, 0) is 27.7 Å². The van der Waals surface area contributed by atoms with Gasteiger partial charge in [0.25, 0.3) is 0 Å². The molecule has 4 N–H and O–H groups in total. The number of hydrogen-bond acceptors (Lipinski definition) is 6. The van der Waals surface area contributed by atoms with E-state index in [2.05, 4.69) is 10.6 Å². The molecule has 0 atom stereocenters. The SMILES string of the molecule is COC(=O)c1cc(Cc2ccccc2)sc1NC(=S)NCc1ccc(S(N)(=O)=O)cc1. The Hall–Kier alpha value is -2.79. The first-order valence-electron chi connectivity index (χ1n) is 9.18. The van der Waals surface area contributed by atoms with E-state index in [9.17, 15) is 13.2 Å². The molecule has 0 amide bonds. The largest absolute Gasteiger partial charge is 0.465 e. The van der Waals surface area contributed by atoms with E-state index in [1.807, 2.05) is 30.3 Å². The number of nitrogens with two attached hydrogens (primary N) is 1. The Labute approximate surface area is 190 Å². The Morgan fingerprint density at radius 3 is 2.39 bits per heavy atom. The standard InChI is InChI=1S/C21H21N3O4S3/c1-28-20(25)18-12-16(11-14-5-3-2-4-6-14)30-19(18)24-21(29)23-13-15-7-9-17(10-8-15)31(22,26)27/h2-10,12H,11,13H2,1H3,(H2,22,26,27)(H2,23,24,29). The molecule has 0 aliphatic carbocycles. The minimum absolute atomic E-state index is 0.0456. The van der Waals surface area contributed by atoms with Crippen molar-refractivity contribution in [3.63, 3.8) is 0 Å². The Kier molecular flexibility index (Phi) is 7.39. The number of methoxy groups -OCH3 is 1. The van der Waals surface area contributed by atoms with Gasteiger partial charge in [-0.15, -0.1) is 11.3 Å². The molecule has 0 unspecified atom stereocenters. The summed E-state index contributed by atoms with van der Waals surface area (Å²) in [5.74, 6) is -0.445. The average molecular weight is 476 g/mol. The summed E-state index contributed by atoms with van der Waals surface area (Å²) < 4.78 is 27.6. The third kappa shape index (κ3) is 6.34. The first-order chi connectivity index (χ1) is 14.8. The van der Waals surface area contributed by atoms with Crippen molar-refractivity contribution in [2.75, 3.05) is 12.4 Å². The highest BCUT2D eigenvalue weighted by atomic mass is 32.2. The molecule has 1 heterocycles. The van der Waals surface area contributed by atoms with E-state index >= 15 is 0 Å². The van der Waals surface area contributed by atoms with Crippen LogP contribution in [0, 0.1) is 0 Å². The molecule has 3 rings (SSSR count). The first kappa shape index (κ1) is 22.9. The highest BCUT2D eigenvalue weighted by Crippen LogP contribution is 2.30. The molecule has 0 bridgehead atoms. The van der Waals surface area contributed by atoms with Crippen molar-refractivity contribution in [2.24, 2.45) is 5.14 Å². The monoisotopic (exact) mass is 475 g/mol. The molecule has 31 heavy (non-hydrogen) atoms. The molecule has 10 heteroatoms. The smallest absolute Gasteiger partial charge is 0.340 e. The van der Waals surface area contributed by atoms with Gasteiger partial charge in [0.15, 0.2) is 5.11 Å². The number of hydrogen-bond donors (Lipinski definition) is 3. The van der Waals surface area contributed by atoms with Gasteiger partial charge in [-0.25, -0.2) is 18.4 Å². The quantitative estimate of drug-likeness (QED) is 0.355. The number of carbonyl (C=O) groups excluding carboxylic acids is 1. The van der Waals surface area contributed by atoms with E-state index in [1.165, 1.54) is 30.6 Å². The maximum Gasteiger partial charge on any atom is 0.340 e. The molecule has 2 aromatic carbocycles. The maximum atomic E-state index is 12.2. The normalized spacial score (nSPS) is 11.0.